The van der Waals surface area contributed by atoms with E-state index in [1.807, 2.05) is 53.4 Å². The second kappa shape index (κ2) is 9.01. The second-order valence-corrected chi connectivity index (χ2v) is 9.17. The molecule has 0 spiro atoms. The fourth-order valence-electron chi connectivity index (χ4n) is 3.92. The fourth-order valence-corrected chi connectivity index (χ4v) is 4.44. The Morgan fingerprint density at radius 1 is 0.968 bits per heavy atom. The van der Waals surface area contributed by atoms with Gasteiger partial charge in [-0.05, 0) is 47.7 Å². The van der Waals surface area contributed by atoms with E-state index < -0.39 is 16.1 Å². The van der Waals surface area contributed by atoms with Crippen LogP contribution in [0, 0.1) is 0 Å². The number of amides is 1. The highest BCUT2D eigenvalue weighted by molar-refractivity contribution is 7.89. The third kappa shape index (κ3) is 4.85. The molecule has 7 heteroatoms. The van der Waals surface area contributed by atoms with E-state index in [0.29, 0.717) is 19.5 Å². The maximum Gasteiger partial charge on any atom is 0.248 e. The van der Waals surface area contributed by atoms with Crippen LogP contribution in [0.3, 0.4) is 0 Å². The lowest BCUT2D eigenvalue weighted by molar-refractivity contribution is -0.120. The molecule has 31 heavy (non-hydrogen) atoms. The number of anilines is 1. The molecular weight excluding hydrogens is 410 g/mol. The van der Waals surface area contributed by atoms with E-state index in [2.05, 4.69) is 11.4 Å². The first-order chi connectivity index (χ1) is 14.9. The molecule has 6 nitrogen and oxygen atoms in total. The molecule has 1 aliphatic rings. The van der Waals surface area contributed by atoms with Gasteiger partial charge in [-0.25, -0.2) is 13.6 Å². The Morgan fingerprint density at radius 3 is 2.35 bits per heavy atom. The molecule has 1 amide bonds. The minimum Gasteiger partial charge on any atom is -0.310 e. The number of sulfonamides is 1. The number of rotatable bonds is 7. The van der Waals surface area contributed by atoms with Crippen molar-refractivity contribution in [2.24, 2.45) is 5.14 Å². The van der Waals surface area contributed by atoms with Crippen LogP contribution in [0.25, 0.3) is 0 Å². The summed E-state index contributed by atoms with van der Waals surface area (Å²) in [7, 11) is -3.70. The third-order valence-electron chi connectivity index (χ3n) is 5.55. The van der Waals surface area contributed by atoms with Crippen LogP contribution in [0.1, 0.15) is 22.7 Å². The molecule has 0 fully saturated rings. The number of carbonyl (C=O) groups excluding carboxylic acids is 1. The van der Waals surface area contributed by atoms with Crippen LogP contribution in [0.5, 0.6) is 0 Å². The van der Waals surface area contributed by atoms with Crippen LogP contribution in [0.15, 0.2) is 83.8 Å². The van der Waals surface area contributed by atoms with Crippen LogP contribution < -0.4 is 15.4 Å². The Kier molecular flexibility index (Phi) is 6.18. The molecule has 0 aliphatic carbocycles. The van der Waals surface area contributed by atoms with Gasteiger partial charge in [-0.15, -0.1) is 0 Å². The van der Waals surface area contributed by atoms with Crippen LogP contribution in [0.4, 0.5) is 5.69 Å². The van der Waals surface area contributed by atoms with Gasteiger partial charge in [0.25, 0.3) is 0 Å². The predicted octanol–water partition coefficient (Wildman–Crippen LogP) is 2.80. The lowest BCUT2D eigenvalue weighted by Gasteiger charge is -2.25. The van der Waals surface area contributed by atoms with E-state index >= 15 is 0 Å². The van der Waals surface area contributed by atoms with Crippen LogP contribution in [0.2, 0.25) is 0 Å². The van der Waals surface area contributed by atoms with Gasteiger partial charge in [-0.2, -0.15) is 0 Å². The topological polar surface area (TPSA) is 92.5 Å². The zero-order valence-corrected chi connectivity index (χ0v) is 17.9. The third-order valence-corrected chi connectivity index (χ3v) is 6.48. The molecule has 0 radical (unpaired) electrons. The van der Waals surface area contributed by atoms with E-state index in [1.54, 1.807) is 12.1 Å². The number of nitrogens with one attached hydrogen (secondary N) is 1. The molecule has 3 aromatic rings. The van der Waals surface area contributed by atoms with Gasteiger partial charge in [0.1, 0.15) is 6.04 Å². The highest BCUT2D eigenvalue weighted by Crippen LogP contribution is 2.30. The molecule has 1 atom stereocenters. The largest absolute Gasteiger partial charge is 0.310 e. The van der Waals surface area contributed by atoms with Crippen LogP contribution >= 0.6 is 0 Å². The molecule has 4 rings (SSSR count). The number of hydrogen-bond donors (Lipinski definition) is 2. The minimum absolute atomic E-state index is 0.0284. The van der Waals surface area contributed by atoms with Crippen molar-refractivity contribution in [3.8, 4) is 0 Å². The Morgan fingerprint density at radius 2 is 1.65 bits per heavy atom. The van der Waals surface area contributed by atoms with E-state index in [4.69, 9.17) is 5.14 Å². The Hall–Kier alpha value is -3.00. The molecule has 0 aromatic heterocycles. The summed E-state index contributed by atoms with van der Waals surface area (Å²) >= 11 is 0. The molecule has 0 bridgehead atoms. The first-order valence-corrected chi connectivity index (χ1v) is 11.8. The summed E-state index contributed by atoms with van der Waals surface area (Å²) in [6.45, 7) is 1.24. The summed E-state index contributed by atoms with van der Waals surface area (Å²) < 4.78 is 22.8. The average Bonchev–Trinajstić information content (AvgIpc) is 3.21. The fraction of sp³-hybridized carbons (Fsp3) is 0.208. The molecular formula is C24H25N3O3S. The smallest absolute Gasteiger partial charge is 0.248 e. The number of nitrogens with zero attached hydrogens (tertiary/aromatic N) is 1. The van der Waals surface area contributed by atoms with Gasteiger partial charge in [0.2, 0.25) is 15.9 Å². The van der Waals surface area contributed by atoms with Gasteiger partial charge in [-0.3, -0.25) is 4.79 Å². The highest BCUT2D eigenvalue weighted by Gasteiger charge is 2.30. The van der Waals surface area contributed by atoms with E-state index in [-0.39, 0.29) is 10.8 Å². The molecule has 1 heterocycles. The maximum absolute atomic E-state index is 13.5. The number of hydrogen-bond acceptors (Lipinski definition) is 4. The van der Waals surface area contributed by atoms with Gasteiger partial charge >= 0.3 is 0 Å². The van der Waals surface area contributed by atoms with Gasteiger partial charge in [0, 0.05) is 18.8 Å². The number of fused-ring (bicyclic) bond motifs is 1. The zero-order valence-electron chi connectivity index (χ0n) is 17.1. The molecule has 1 aliphatic heterocycles. The molecule has 3 aromatic carbocycles. The van der Waals surface area contributed by atoms with Crippen molar-refractivity contribution in [2.45, 2.75) is 23.8 Å². The Balaban J connectivity index is 1.48. The summed E-state index contributed by atoms with van der Waals surface area (Å²) in [5.41, 5.74) is 4.05. The van der Waals surface area contributed by atoms with Crippen molar-refractivity contribution in [3.05, 3.63) is 95.6 Å². The number of para-hydroxylation sites is 1. The van der Waals surface area contributed by atoms with Crippen molar-refractivity contribution in [1.29, 1.82) is 0 Å². The molecule has 3 N–H and O–H groups in total. The number of primary sulfonamides is 1. The van der Waals surface area contributed by atoms with Crippen molar-refractivity contribution < 1.29 is 13.2 Å². The van der Waals surface area contributed by atoms with Crippen molar-refractivity contribution >= 4 is 21.6 Å². The van der Waals surface area contributed by atoms with Gasteiger partial charge in [0.05, 0.1) is 4.90 Å². The zero-order chi connectivity index (χ0) is 21.8. The summed E-state index contributed by atoms with van der Waals surface area (Å²) in [6, 6.07) is 23.8. The van der Waals surface area contributed by atoms with Crippen molar-refractivity contribution in [1.82, 2.24) is 5.32 Å². The molecule has 0 unspecified atom stereocenters. The Bertz CT molecular complexity index is 1160. The van der Waals surface area contributed by atoms with Crippen molar-refractivity contribution in [2.75, 3.05) is 18.0 Å². The van der Waals surface area contributed by atoms with Gasteiger partial charge in [-0.1, -0.05) is 60.7 Å². The molecule has 0 saturated carbocycles. The van der Waals surface area contributed by atoms with Gasteiger partial charge < -0.3 is 10.2 Å². The molecule has 0 saturated heterocycles. The van der Waals surface area contributed by atoms with E-state index in [1.165, 1.54) is 17.7 Å². The predicted molar refractivity (Wildman–Crippen MR) is 121 cm³/mol. The summed E-state index contributed by atoms with van der Waals surface area (Å²) in [5.74, 6) is 0.0284. The normalized spacial score (nSPS) is 14.3. The number of benzene rings is 3. The van der Waals surface area contributed by atoms with E-state index in [0.717, 1.165) is 23.2 Å². The first-order valence-electron chi connectivity index (χ1n) is 10.2. The average molecular weight is 436 g/mol. The highest BCUT2D eigenvalue weighted by atomic mass is 32.2. The summed E-state index contributed by atoms with van der Waals surface area (Å²) in [5, 5.41) is 8.56. The van der Waals surface area contributed by atoms with Crippen LogP contribution in [-0.2, 0) is 27.7 Å². The monoisotopic (exact) mass is 435 g/mol. The lowest BCUT2D eigenvalue weighted by Crippen LogP contribution is -2.41. The van der Waals surface area contributed by atoms with Gasteiger partial charge in [0.15, 0.2) is 0 Å². The number of nitrogens with two attached hydrogens (primary N) is 1. The maximum atomic E-state index is 13.5. The second-order valence-electron chi connectivity index (χ2n) is 7.61. The summed E-state index contributed by atoms with van der Waals surface area (Å²) in [6.07, 6.45) is 1.51. The minimum atomic E-state index is -3.70. The van der Waals surface area contributed by atoms with Crippen LogP contribution in [-0.4, -0.2) is 27.4 Å². The first kappa shape index (κ1) is 21.2. The Labute approximate surface area is 182 Å². The lowest BCUT2D eigenvalue weighted by atomic mass is 10.0. The summed E-state index contributed by atoms with van der Waals surface area (Å²) in [4.78, 5) is 15.4. The van der Waals surface area contributed by atoms with E-state index in [9.17, 15) is 13.2 Å². The van der Waals surface area contributed by atoms with Crippen molar-refractivity contribution in [3.63, 3.8) is 0 Å². The standard InChI is InChI=1S/C24H25N3O3S/c25-31(29,30)21-12-10-18(11-13-21)14-16-26-23(20-7-2-1-3-8-20)24(28)27-17-15-19-6-4-5-9-22(19)27/h1-13,23,26H,14-17H2,(H2,25,29,30)/t23-/m0/s1. The molecule has 160 valence electrons. The number of carbonyl (C=O) groups is 1. The SMILES string of the molecule is NS(=O)(=O)c1ccc(CCN[C@H](C(=O)N2CCc3ccccc32)c2ccccc2)cc1. The quantitative estimate of drug-likeness (QED) is 0.597.